The van der Waals surface area contributed by atoms with Gasteiger partial charge in [-0.2, -0.15) is 10.2 Å². The maximum Gasteiger partial charge on any atom is 0.259 e. The van der Waals surface area contributed by atoms with Gasteiger partial charge in [0.1, 0.15) is 11.6 Å². The number of amides is 1. The predicted molar refractivity (Wildman–Crippen MR) is 147 cm³/mol. The highest BCUT2D eigenvalue weighted by molar-refractivity contribution is 7.21. The van der Waals surface area contributed by atoms with E-state index in [4.69, 9.17) is 21.3 Å². The first-order valence-electron chi connectivity index (χ1n) is 12.4. The number of fused-ring (bicyclic) bond motifs is 3. The summed E-state index contributed by atoms with van der Waals surface area (Å²) in [5.41, 5.74) is 2.96. The lowest BCUT2D eigenvalue weighted by atomic mass is 9.92. The van der Waals surface area contributed by atoms with Crippen LogP contribution < -0.4 is 15.0 Å². The highest BCUT2D eigenvalue weighted by Crippen LogP contribution is 2.41. The van der Waals surface area contributed by atoms with Crippen LogP contribution in [0.5, 0.6) is 5.75 Å². The van der Waals surface area contributed by atoms with Crippen molar-refractivity contribution in [3.8, 4) is 22.9 Å². The van der Waals surface area contributed by atoms with Crippen LogP contribution in [0.4, 0.5) is 10.9 Å². The Hall–Kier alpha value is -3.81. The normalized spacial score (nSPS) is 20.4. The first-order valence-corrected chi connectivity index (χ1v) is 13.6. The summed E-state index contributed by atoms with van der Waals surface area (Å²) in [5.74, 6) is 1.16. The van der Waals surface area contributed by atoms with Crippen LogP contribution in [0.2, 0.25) is 5.02 Å². The molecule has 1 N–H and O–H groups in total. The van der Waals surface area contributed by atoms with Crippen LogP contribution in [-0.4, -0.2) is 45.0 Å². The number of anilines is 2. The molecular formula is C27H24ClN7O2S. The molecule has 2 saturated heterocycles. The summed E-state index contributed by atoms with van der Waals surface area (Å²) >= 11 is 7.54. The molecule has 1 aromatic carbocycles. The third-order valence-corrected chi connectivity index (χ3v) is 8.34. The fourth-order valence-corrected chi connectivity index (χ4v) is 6.53. The zero-order valence-corrected chi connectivity index (χ0v) is 22.4. The van der Waals surface area contributed by atoms with E-state index < -0.39 is 0 Å². The first kappa shape index (κ1) is 24.5. The van der Waals surface area contributed by atoms with Gasteiger partial charge in [-0.15, -0.1) is 0 Å². The highest BCUT2D eigenvalue weighted by atomic mass is 35.5. The van der Waals surface area contributed by atoms with Gasteiger partial charge < -0.3 is 9.64 Å². The minimum atomic E-state index is -0.356. The summed E-state index contributed by atoms with van der Waals surface area (Å²) < 4.78 is 5.52. The minimum absolute atomic E-state index is 0.110. The number of methoxy groups -OCH3 is 1. The van der Waals surface area contributed by atoms with Gasteiger partial charge in [-0.3, -0.25) is 15.1 Å². The molecule has 11 heteroatoms. The third kappa shape index (κ3) is 4.42. The van der Waals surface area contributed by atoms with Crippen molar-refractivity contribution in [2.75, 3.05) is 17.3 Å². The van der Waals surface area contributed by atoms with Crippen LogP contribution in [0.1, 0.15) is 41.7 Å². The van der Waals surface area contributed by atoms with Gasteiger partial charge in [0.25, 0.3) is 5.91 Å². The molecule has 38 heavy (non-hydrogen) atoms. The summed E-state index contributed by atoms with van der Waals surface area (Å²) in [7, 11) is 1.58. The molecule has 0 aliphatic carbocycles. The number of nitriles is 1. The number of hydrogen-bond acceptors (Lipinski definition) is 9. The zero-order valence-electron chi connectivity index (χ0n) is 20.8. The van der Waals surface area contributed by atoms with E-state index in [1.54, 1.807) is 37.7 Å². The number of benzene rings is 1. The second-order valence-corrected chi connectivity index (χ2v) is 11.0. The Bertz CT molecular complexity index is 1590. The largest absolute Gasteiger partial charge is 0.496 e. The van der Waals surface area contributed by atoms with Crippen LogP contribution in [0, 0.1) is 24.2 Å². The number of piperidine rings is 1. The monoisotopic (exact) mass is 545 g/mol. The molecule has 2 atom stereocenters. The van der Waals surface area contributed by atoms with Gasteiger partial charge in [-0.25, -0.2) is 9.97 Å². The van der Waals surface area contributed by atoms with Crippen molar-refractivity contribution in [1.29, 1.82) is 5.26 Å². The molecule has 0 saturated carbocycles. The molecule has 0 spiro atoms. The Morgan fingerprint density at radius 2 is 1.95 bits per heavy atom. The number of halogens is 1. The Kier molecular flexibility index (Phi) is 6.33. The number of carbonyl (C=O) groups excluding carboxylic acids is 1. The van der Waals surface area contributed by atoms with Crippen molar-refractivity contribution in [2.45, 2.75) is 44.7 Å². The summed E-state index contributed by atoms with van der Waals surface area (Å²) in [6.45, 7) is 1.86. The third-order valence-electron chi connectivity index (χ3n) is 7.25. The second kappa shape index (κ2) is 9.82. The maximum absolute atomic E-state index is 13.4. The lowest BCUT2D eigenvalue weighted by molar-refractivity contribution is 0.102. The van der Waals surface area contributed by atoms with E-state index in [9.17, 15) is 10.1 Å². The molecule has 4 aromatic rings. The van der Waals surface area contributed by atoms with Crippen LogP contribution in [0.25, 0.3) is 21.6 Å². The van der Waals surface area contributed by atoms with E-state index in [2.05, 4.69) is 31.2 Å². The summed E-state index contributed by atoms with van der Waals surface area (Å²) in [6.07, 6.45) is 7.15. The van der Waals surface area contributed by atoms with Crippen LogP contribution in [-0.2, 0) is 0 Å². The van der Waals surface area contributed by atoms with Gasteiger partial charge in [0, 0.05) is 40.1 Å². The minimum Gasteiger partial charge on any atom is -0.496 e. The number of nitrogens with one attached hydrogen (secondary N) is 1. The van der Waals surface area contributed by atoms with Crippen molar-refractivity contribution < 1.29 is 9.53 Å². The summed E-state index contributed by atoms with van der Waals surface area (Å²) in [4.78, 5) is 34.6. The number of pyridine rings is 1. The standard InChI is InChI=1S/C27H24ClN7O2S/c1-14-7-19(20-10-16(28)3-6-22(20)37-2)21(12-30-14)25(36)34-27-33-24-26(38-27)32-23(13-31-24)35-17-4-5-18(35)9-15(8-17)11-29/h3,6-7,10,12-13,15,17-18H,4-5,8-9H2,1-2H3,(H,31,33,34,36). The molecule has 0 radical (unpaired) electrons. The van der Waals surface area contributed by atoms with Gasteiger partial charge >= 0.3 is 0 Å². The number of hydrogen-bond donors (Lipinski definition) is 1. The zero-order chi connectivity index (χ0) is 26.4. The number of aromatic nitrogens is 4. The fourth-order valence-electron chi connectivity index (χ4n) is 5.57. The van der Waals surface area contributed by atoms with Gasteiger partial charge in [0.15, 0.2) is 15.6 Å². The molecule has 6 rings (SSSR count). The first-order chi connectivity index (χ1) is 18.4. The molecule has 2 unspecified atom stereocenters. The van der Waals surface area contributed by atoms with Gasteiger partial charge in [0.2, 0.25) is 0 Å². The van der Waals surface area contributed by atoms with Gasteiger partial charge in [0.05, 0.1) is 30.9 Å². The van der Waals surface area contributed by atoms with Crippen LogP contribution in [0.3, 0.4) is 0 Å². The SMILES string of the molecule is COc1ccc(Cl)cc1-c1cc(C)ncc1C(=O)Nc1nc2ncc(N3C4CCC3CC(C#N)C4)nc2s1. The molecule has 192 valence electrons. The van der Waals surface area contributed by atoms with Crippen LogP contribution in [0.15, 0.2) is 36.7 Å². The smallest absolute Gasteiger partial charge is 0.259 e. The number of nitrogens with zero attached hydrogens (tertiary/aromatic N) is 6. The number of aryl methyl sites for hydroxylation is 1. The molecule has 2 aliphatic heterocycles. The quantitative estimate of drug-likeness (QED) is 0.342. The van der Waals surface area contributed by atoms with Crippen molar-refractivity contribution in [3.05, 3.63) is 52.9 Å². The second-order valence-electron chi connectivity index (χ2n) is 9.64. The highest BCUT2D eigenvalue weighted by Gasteiger charge is 2.41. The fraction of sp³-hybridized carbons (Fsp3) is 0.333. The number of thiazole rings is 1. The predicted octanol–water partition coefficient (Wildman–Crippen LogP) is 5.64. The van der Waals surface area contributed by atoms with Crippen molar-refractivity contribution >= 4 is 50.3 Å². The molecule has 1 amide bonds. The number of ether oxygens (including phenoxy) is 1. The molecular weight excluding hydrogens is 522 g/mol. The van der Waals surface area contributed by atoms with E-state index in [1.165, 1.54) is 11.3 Å². The number of carbonyl (C=O) groups is 1. The lowest BCUT2D eigenvalue weighted by Crippen LogP contribution is -2.43. The molecule has 5 heterocycles. The molecule has 9 nitrogen and oxygen atoms in total. The van der Waals surface area contributed by atoms with Crippen molar-refractivity contribution in [3.63, 3.8) is 0 Å². The lowest BCUT2D eigenvalue weighted by Gasteiger charge is -2.37. The topological polar surface area (TPSA) is 117 Å². The average molecular weight is 546 g/mol. The summed E-state index contributed by atoms with van der Waals surface area (Å²) in [6, 6.07) is 10.2. The Balaban J connectivity index is 1.28. The van der Waals surface area contributed by atoms with E-state index in [0.29, 0.717) is 55.2 Å². The van der Waals surface area contributed by atoms with Crippen molar-refractivity contribution in [2.24, 2.45) is 5.92 Å². The molecule has 2 bridgehead atoms. The Morgan fingerprint density at radius 3 is 2.68 bits per heavy atom. The van der Waals surface area contributed by atoms with Gasteiger partial charge in [-0.05, 0) is 56.9 Å². The molecule has 3 aromatic heterocycles. The van der Waals surface area contributed by atoms with Gasteiger partial charge in [-0.1, -0.05) is 22.9 Å². The van der Waals surface area contributed by atoms with E-state index >= 15 is 0 Å². The number of rotatable bonds is 5. The van der Waals surface area contributed by atoms with Crippen LogP contribution >= 0.6 is 22.9 Å². The molecule has 2 aliphatic rings. The maximum atomic E-state index is 13.4. The Morgan fingerprint density at radius 1 is 1.16 bits per heavy atom. The summed E-state index contributed by atoms with van der Waals surface area (Å²) in [5, 5.41) is 13.2. The molecule has 2 fully saturated rings. The van der Waals surface area contributed by atoms with E-state index in [1.807, 2.05) is 13.0 Å². The van der Waals surface area contributed by atoms with Crippen molar-refractivity contribution in [1.82, 2.24) is 19.9 Å². The Labute approximate surface area is 228 Å². The average Bonchev–Trinajstić information content (AvgIpc) is 3.44. The van der Waals surface area contributed by atoms with E-state index in [0.717, 1.165) is 37.2 Å². The van der Waals surface area contributed by atoms with E-state index in [-0.39, 0.29) is 11.8 Å².